The Labute approximate surface area is 172 Å². The summed E-state index contributed by atoms with van der Waals surface area (Å²) in [6.07, 6.45) is 2.38. The number of halogens is 1. The summed E-state index contributed by atoms with van der Waals surface area (Å²) >= 11 is 3.20. The van der Waals surface area contributed by atoms with Gasteiger partial charge in [-0.05, 0) is 66.1 Å². The Morgan fingerprint density at radius 1 is 1.18 bits per heavy atom. The minimum absolute atomic E-state index is 0.0664. The quantitative estimate of drug-likeness (QED) is 0.481. The van der Waals surface area contributed by atoms with Crippen molar-refractivity contribution in [1.82, 2.24) is 0 Å². The van der Waals surface area contributed by atoms with Gasteiger partial charge >= 0.3 is 5.97 Å². The lowest BCUT2D eigenvalue weighted by atomic mass is 9.58. The van der Waals surface area contributed by atoms with Crippen LogP contribution in [0.4, 0.5) is 0 Å². The van der Waals surface area contributed by atoms with Crippen molar-refractivity contribution in [3.63, 3.8) is 0 Å². The summed E-state index contributed by atoms with van der Waals surface area (Å²) in [6, 6.07) is 3.23. The van der Waals surface area contributed by atoms with Gasteiger partial charge in [0, 0.05) is 18.3 Å². The first-order valence-corrected chi connectivity index (χ1v) is 10.8. The van der Waals surface area contributed by atoms with Crippen molar-refractivity contribution >= 4 is 21.9 Å². The van der Waals surface area contributed by atoms with Crippen molar-refractivity contribution in [3.05, 3.63) is 22.6 Å². The molecular weight excluding hydrogens is 432 g/mol. The minimum Gasteiger partial charge on any atom is -0.442 e. The van der Waals surface area contributed by atoms with Gasteiger partial charge in [-0.25, -0.2) is 14.6 Å². The Morgan fingerprint density at radius 3 is 2.75 bits per heavy atom. The Hall–Kier alpha value is -0.930. The molecule has 0 amide bonds. The van der Waals surface area contributed by atoms with Crippen molar-refractivity contribution in [3.8, 4) is 0 Å². The fourth-order valence-electron chi connectivity index (χ4n) is 5.59. The van der Waals surface area contributed by atoms with Crippen LogP contribution in [0.3, 0.4) is 0 Å². The summed E-state index contributed by atoms with van der Waals surface area (Å²) in [7, 11) is 0. The number of ether oxygens (including phenoxy) is 3. The highest BCUT2D eigenvalue weighted by molar-refractivity contribution is 9.10. The highest BCUT2D eigenvalue weighted by Gasteiger charge is 2.69. The van der Waals surface area contributed by atoms with E-state index in [9.17, 15) is 4.79 Å². The third kappa shape index (κ3) is 2.72. The van der Waals surface area contributed by atoms with Crippen LogP contribution in [0.15, 0.2) is 21.2 Å². The van der Waals surface area contributed by atoms with E-state index in [1.807, 2.05) is 13.8 Å². The molecule has 4 aliphatic heterocycles. The number of fused-ring (bicyclic) bond motifs is 2. The van der Waals surface area contributed by atoms with E-state index in [0.29, 0.717) is 10.6 Å². The van der Waals surface area contributed by atoms with Crippen molar-refractivity contribution in [2.45, 2.75) is 70.4 Å². The molecule has 28 heavy (non-hydrogen) atoms. The van der Waals surface area contributed by atoms with E-state index in [1.54, 1.807) is 12.1 Å². The summed E-state index contributed by atoms with van der Waals surface area (Å²) in [6.45, 7) is 6.18. The lowest BCUT2D eigenvalue weighted by molar-refractivity contribution is -0.576. The minimum atomic E-state index is -0.849. The van der Waals surface area contributed by atoms with Crippen molar-refractivity contribution in [2.75, 3.05) is 0 Å². The number of hydrogen-bond donors (Lipinski definition) is 0. The van der Waals surface area contributed by atoms with Gasteiger partial charge in [-0.1, -0.05) is 13.8 Å². The Morgan fingerprint density at radius 2 is 2.00 bits per heavy atom. The van der Waals surface area contributed by atoms with Gasteiger partial charge < -0.3 is 18.6 Å². The number of hydrogen-bond acceptors (Lipinski definition) is 7. The zero-order valence-electron chi connectivity index (χ0n) is 16.2. The zero-order chi connectivity index (χ0) is 19.7. The molecule has 7 nitrogen and oxygen atoms in total. The Bertz CT molecular complexity index is 780. The molecule has 6 rings (SSSR count). The first-order chi connectivity index (χ1) is 13.3. The number of rotatable bonds is 2. The number of esters is 1. The molecule has 0 N–H and O–H groups in total. The van der Waals surface area contributed by atoms with Crippen LogP contribution in [0.25, 0.3) is 0 Å². The van der Waals surface area contributed by atoms with Crippen molar-refractivity contribution in [2.24, 2.45) is 23.7 Å². The van der Waals surface area contributed by atoms with Crippen LogP contribution < -0.4 is 0 Å². The third-order valence-corrected chi connectivity index (χ3v) is 7.52. The molecule has 2 bridgehead atoms. The second kappa shape index (κ2) is 6.54. The summed E-state index contributed by atoms with van der Waals surface area (Å²) in [5.41, 5.74) is -0.663. The molecule has 0 unspecified atom stereocenters. The van der Waals surface area contributed by atoms with Crippen LogP contribution in [0.5, 0.6) is 0 Å². The van der Waals surface area contributed by atoms with E-state index >= 15 is 0 Å². The molecule has 5 fully saturated rings. The number of furan rings is 1. The van der Waals surface area contributed by atoms with Crippen molar-refractivity contribution in [1.29, 1.82) is 0 Å². The first kappa shape index (κ1) is 19.1. The lowest BCUT2D eigenvalue weighted by Crippen LogP contribution is -2.70. The maximum atomic E-state index is 12.5. The van der Waals surface area contributed by atoms with E-state index in [-0.39, 0.29) is 23.5 Å². The monoisotopic (exact) mass is 456 g/mol. The summed E-state index contributed by atoms with van der Waals surface area (Å²) in [4.78, 5) is 24.4. The molecule has 5 aliphatic rings. The lowest BCUT2D eigenvalue weighted by Gasteiger charge is -2.59. The summed E-state index contributed by atoms with van der Waals surface area (Å²) in [5.74, 6) is -0.463. The highest BCUT2D eigenvalue weighted by Crippen LogP contribution is 2.60. The summed E-state index contributed by atoms with van der Waals surface area (Å²) in [5, 5.41) is 0. The van der Waals surface area contributed by atoms with E-state index in [0.717, 1.165) is 25.7 Å². The fraction of sp³-hybridized carbons (Fsp3) is 0.750. The van der Waals surface area contributed by atoms with Gasteiger partial charge in [0.1, 0.15) is 0 Å². The van der Waals surface area contributed by atoms with Crippen LogP contribution in [0, 0.1) is 23.7 Å². The van der Waals surface area contributed by atoms with Crippen LogP contribution in [0.2, 0.25) is 0 Å². The standard InChI is InChI=1S/C20H25BrO7/c1-10-4-5-13-11(2)17(24-16(22)14-6-7-15(21)23-14)25-18-20(13)12(10)8-9-19(3,26-18)27-28-20/h6-7,10-13,17-18H,4-5,8-9H2,1-3H3/t10-,11+,12+,13-,17-,18+,19-,20-/m1/s1. The van der Waals surface area contributed by atoms with Gasteiger partial charge in [0.15, 0.2) is 16.6 Å². The normalized spacial score (nSPS) is 47.3. The largest absolute Gasteiger partial charge is 0.442 e. The smallest absolute Gasteiger partial charge is 0.376 e. The molecular formula is C20H25BrO7. The molecule has 5 heterocycles. The SMILES string of the molecule is C[C@@H]1[C@H](OC(=O)c2ccc(Br)o2)O[C@H]2O[C@@]3(C)CC[C@H]4[C@H](C)CC[C@H]1[C@@]24OO3. The molecule has 1 aromatic rings. The van der Waals surface area contributed by atoms with Gasteiger partial charge in [0.25, 0.3) is 0 Å². The molecule has 1 spiro atoms. The molecule has 154 valence electrons. The number of carbonyl (C=O) groups excluding carboxylic acids is 1. The van der Waals surface area contributed by atoms with E-state index in [1.165, 1.54) is 0 Å². The highest BCUT2D eigenvalue weighted by atomic mass is 79.9. The maximum absolute atomic E-state index is 12.5. The average molecular weight is 457 g/mol. The van der Waals surface area contributed by atoms with Gasteiger partial charge in [-0.15, -0.1) is 0 Å². The molecule has 4 saturated heterocycles. The fourth-order valence-corrected chi connectivity index (χ4v) is 5.90. The maximum Gasteiger partial charge on any atom is 0.376 e. The molecule has 8 atom stereocenters. The third-order valence-electron chi connectivity index (χ3n) is 7.09. The Balaban J connectivity index is 1.45. The van der Waals surface area contributed by atoms with Crippen molar-refractivity contribution < 1.29 is 33.2 Å². The van der Waals surface area contributed by atoms with Gasteiger partial charge in [-0.2, -0.15) is 0 Å². The summed E-state index contributed by atoms with van der Waals surface area (Å²) < 4.78 is 24.0. The van der Waals surface area contributed by atoms with E-state index < -0.39 is 29.9 Å². The molecule has 0 aromatic carbocycles. The molecule has 1 aromatic heterocycles. The predicted octanol–water partition coefficient (Wildman–Crippen LogP) is 4.41. The van der Waals surface area contributed by atoms with Crippen LogP contribution in [-0.2, 0) is 24.0 Å². The topological polar surface area (TPSA) is 76.4 Å². The number of carbonyl (C=O) groups is 1. The second-order valence-corrected chi connectivity index (χ2v) is 9.56. The van der Waals surface area contributed by atoms with E-state index in [2.05, 4.69) is 22.9 Å². The predicted molar refractivity (Wildman–Crippen MR) is 98.7 cm³/mol. The molecule has 1 saturated carbocycles. The zero-order valence-corrected chi connectivity index (χ0v) is 17.8. The van der Waals surface area contributed by atoms with Crippen LogP contribution in [-0.4, -0.2) is 29.9 Å². The van der Waals surface area contributed by atoms with Gasteiger partial charge in [0.05, 0.1) is 0 Å². The molecule has 8 heteroatoms. The first-order valence-electron chi connectivity index (χ1n) is 9.99. The van der Waals surface area contributed by atoms with Gasteiger partial charge in [-0.3, -0.25) is 0 Å². The van der Waals surface area contributed by atoms with Crippen LogP contribution in [0.1, 0.15) is 57.0 Å². The second-order valence-electron chi connectivity index (χ2n) is 8.78. The Kier molecular flexibility index (Phi) is 4.45. The van der Waals surface area contributed by atoms with Crippen LogP contribution >= 0.6 is 15.9 Å². The van der Waals surface area contributed by atoms with Gasteiger partial charge in [0.2, 0.25) is 17.8 Å². The molecule has 0 radical (unpaired) electrons. The van der Waals surface area contributed by atoms with E-state index in [4.69, 9.17) is 28.4 Å². The average Bonchev–Trinajstić information content (AvgIpc) is 2.97. The molecule has 1 aliphatic carbocycles.